The zero-order valence-corrected chi connectivity index (χ0v) is 57.4. The van der Waals surface area contributed by atoms with E-state index in [0.29, 0.717) is 47.0 Å². The van der Waals surface area contributed by atoms with Gasteiger partial charge in [-0.25, -0.2) is 9.59 Å². The maximum Gasteiger partial charge on any atom is 0.340 e. The maximum absolute atomic E-state index is 16.6. The fraction of sp³-hybridized carbons (Fsp3) is 0.427. The first-order valence-corrected chi connectivity index (χ1v) is 37.6. The van der Waals surface area contributed by atoms with E-state index in [1.54, 1.807) is 6.07 Å². The highest BCUT2D eigenvalue weighted by molar-refractivity contribution is 5.91. The van der Waals surface area contributed by atoms with Crippen molar-refractivity contribution in [3.8, 4) is 5.75 Å². The van der Waals surface area contributed by atoms with Gasteiger partial charge in [-0.3, -0.25) is 4.79 Å². The van der Waals surface area contributed by atoms with Gasteiger partial charge in [-0.1, -0.05) is 158 Å². The Morgan fingerprint density at radius 3 is 2.44 bits per heavy atom. The Kier molecular flexibility index (Phi) is 15.4. The van der Waals surface area contributed by atoms with E-state index in [-0.39, 0.29) is 120 Å². The van der Waals surface area contributed by atoms with E-state index in [0.717, 1.165) is 50.5 Å². The van der Waals surface area contributed by atoms with Crippen LogP contribution in [0.1, 0.15) is 215 Å². The third kappa shape index (κ3) is 9.65. The highest BCUT2D eigenvalue weighted by Gasteiger charge is 2.70. The fourth-order valence-corrected chi connectivity index (χ4v) is 23.5. The van der Waals surface area contributed by atoms with Crippen LogP contribution < -0.4 is 10.4 Å². The van der Waals surface area contributed by atoms with Crippen LogP contribution in [0.4, 0.5) is 0 Å². The number of aliphatic hydroxyl groups is 4. The molecule has 12 nitrogen and oxygen atoms in total. The predicted octanol–water partition coefficient (Wildman–Crippen LogP) is 15.4. The lowest BCUT2D eigenvalue weighted by Crippen LogP contribution is -2.64. The van der Waals surface area contributed by atoms with Crippen LogP contribution >= 0.6 is 0 Å². The fourth-order valence-electron chi connectivity index (χ4n) is 23.5. The SMILES string of the molecule is CC(CO)=C1CC2c3ccc4cc3C3CC2Cc2ccc(cc2)Cc2ccc5c(c2)C26c7cccc(c7CCC2CCCC6C=C5)C2C=CC4C(CC(=O)OC4c5c(ccc6c(CO)c(C(CCO)COCO)c(=O)oc56)OC5(CC=CC6(C3)C3C=Cc7ccccc7C3CC65)C4OC1=O)C2. The van der Waals surface area contributed by atoms with Gasteiger partial charge < -0.3 is 43.8 Å². The molecule has 0 amide bonds. The molecule has 6 aromatic carbocycles. The van der Waals surface area contributed by atoms with Crippen molar-refractivity contribution in [3.05, 3.63) is 262 Å². The number of rotatable bonds is 8. The molecule has 2 spiro atoms. The Hall–Kier alpha value is -8.23. The number of esters is 2. The highest BCUT2D eigenvalue weighted by atomic mass is 16.6. The lowest BCUT2D eigenvalue weighted by molar-refractivity contribution is -0.210. The molecule has 17 unspecified atom stereocenters. The first-order valence-electron chi connectivity index (χ1n) is 37.6. The van der Waals surface area contributed by atoms with Crippen molar-refractivity contribution in [1.82, 2.24) is 0 Å². The molecule has 12 heteroatoms. The van der Waals surface area contributed by atoms with Gasteiger partial charge in [0.1, 0.15) is 18.1 Å². The van der Waals surface area contributed by atoms with Crippen LogP contribution in [0.15, 0.2) is 172 Å². The molecule has 1 aromatic heterocycles. The Bertz CT molecular complexity index is 4800. The molecule has 516 valence electrons. The number of hydrogen-bond acceptors (Lipinski definition) is 12. The molecule has 16 aliphatic carbocycles. The molecule has 3 aliphatic heterocycles. The number of carbonyl (C=O) groups excluding carboxylic acids is 2. The van der Waals surface area contributed by atoms with Crippen LogP contribution in [-0.4, -0.2) is 70.7 Å². The zero-order valence-electron chi connectivity index (χ0n) is 57.4. The Labute approximate surface area is 589 Å². The first-order chi connectivity index (χ1) is 49.4. The van der Waals surface area contributed by atoms with Gasteiger partial charge in [0.25, 0.3) is 0 Å². The molecular formula is C89H88O12. The van der Waals surface area contributed by atoms with E-state index < -0.39 is 66.7 Å². The van der Waals surface area contributed by atoms with Gasteiger partial charge in [0.05, 0.1) is 25.4 Å². The highest BCUT2D eigenvalue weighted by Crippen LogP contribution is 2.71. The molecule has 17 atom stereocenters. The number of benzene rings is 6. The third-order valence-corrected chi connectivity index (χ3v) is 27.7. The third-order valence-electron chi connectivity index (χ3n) is 27.7. The van der Waals surface area contributed by atoms with E-state index in [4.69, 9.17) is 23.4 Å². The molecule has 26 rings (SSSR count). The number of aliphatic hydroxyl groups excluding tert-OH is 4. The largest absolute Gasteiger partial charge is 0.482 e. The van der Waals surface area contributed by atoms with Crippen LogP contribution in [-0.2, 0) is 55.1 Å². The first kappa shape index (κ1) is 63.7. The molecule has 2 saturated carbocycles. The Morgan fingerprint density at radius 1 is 0.723 bits per heavy atom. The molecule has 21 bridgehead atoms. The maximum atomic E-state index is 16.6. The molecule has 0 radical (unpaired) electrons. The summed E-state index contributed by atoms with van der Waals surface area (Å²) in [5.41, 5.74) is 15.3. The average molecular weight is 1350 g/mol. The van der Waals surface area contributed by atoms with Crippen molar-refractivity contribution in [2.45, 2.75) is 169 Å². The predicted molar refractivity (Wildman–Crippen MR) is 385 cm³/mol. The number of hydrogen-bond donors (Lipinski definition) is 4. The molecule has 7 aromatic rings. The summed E-state index contributed by atoms with van der Waals surface area (Å²) in [5.74, 6) is -1.76. The van der Waals surface area contributed by atoms with Gasteiger partial charge in [-0.2, -0.15) is 0 Å². The van der Waals surface area contributed by atoms with Crippen LogP contribution in [0.2, 0.25) is 0 Å². The van der Waals surface area contributed by atoms with Gasteiger partial charge in [-0.15, -0.1) is 0 Å². The Balaban J connectivity index is 0.875. The minimum absolute atomic E-state index is 0.00199. The Morgan fingerprint density at radius 2 is 1.57 bits per heavy atom. The lowest BCUT2D eigenvalue weighted by atomic mass is 9.48. The van der Waals surface area contributed by atoms with Gasteiger partial charge in [-0.05, 0) is 227 Å². The number of fused-ring (bicyclic) bond motifs is 7. The number of carbonyl (C=O) groups is 2. The summed E-state index contributed by atoms with van der Waals surface area (Å²) in [6.07, 6.45) is 27.2. The molecule has 19 aliphatic rings. The summed E-state index contributed by atoms with van der Waals surface area (Å²) in [6, 6.07) is 43.4. The average Bonchev–Trinajstić information content (AvgIpc) is 1.63. The summed E-state index contributed by atoms with van der Waals surface area (Å²) < 4.78 is 35.1. The van der Waals surface area contributed by atoms with E-state index in [1.165, 1.54) is 79.6 Å². The monoisotopic (exact) mass is 1350 g/mol. The van der Waals surface area contributed by atoms with E-state index >= 15 is 14.4 Å². The minimum atomic E-state index is -1.44. The van der Waals surface area contributed by atoms with E-state index in [2.05, 4.69) is 152 Å². The molecule has 2 fully saturated rings. The molecular weight excluding hydrogens is 1260 g/mol. The van der Waals surface area contributed by atoms with Crippen molar-refractivity contribution in [2.75, 3.05) is 26.6 Å². The van der Waals surface area contributed by atoms with Crippen molar-refractivity contribution >= 4 is 35.1 Å². The van der Waals surface area contributed by atoms with Crippen molar-refractivity contribution < 1.29 is 53.4 Å². The smallest absolute Gasteiger partial charge is 0.340 e. The van der Waals surface area contributed by atoms with Crippen molar-refractivity contribution in [2.24, 2.45) is 40.9 Å². The van der Waals surface area contributed by atoms with Crippen molar-refractivity contribution in [1.29, 1.82) is 0 Å². The zero-order chi connectivity index (χ0) is 68.2. The standard InChI is InChI=1S/C89H88O12/c1-49(45-91)69-42-71-58-36-51-15-13-50(14-16-51)35-52-17-18-54-19-23-61-8-4-9-62-24-27-67-65(11-5-12-75(67)89(61,62)76(54)37-52)55-20-25-63-56-21-26-66(71)70(40-56)60(39-58)44-87-32-6-33-88(78(87)43-72-64-10-3-2-7-53(64)22-29-74(72)87)84(100-85(69)95)83(98-79(94)41-59(63)38-55)81-77(101-88)30-28-68-73(46-92)80(86(96)99-82(68)81)57(31-34-90)47-97-48-93/h2-3,5-7,10-23,25-26,28-30,32,37,40,55,57-63,71-72,74,78,83-84,90-93H,4,8-9,24,27,31,33-36,38-39,41-48H2,1H3. The van der Waals surface area contributed by atoms with Crippen LogP contribution in [0, 0.1) is 40.9 Å². The molecule has 0 saturated heterocycles. The summed E-state index contributed by atoms with van der Waals surface area (Å²) >= 11 is 0. The second-order valence-corrected chi connectivity index (χ2v) is 32.1. The quantitative estimate of drug-likeness (QED) is 0.0372. The van der Waals surface area contributed by atoms with Gasteiger partial charge in [0.15, 0.2) is 17.8 Å². The lowest BCUT2D eigenvalue weighted by Gasteiger charge is -2.56. The van der Waals surface area contributed by atoms with Crippen LogP contribution in [0.5, 0.6) is 5.75 Å². The summed E-state index contributed by atoms with van der Waals surface area (Å²) in [6.45, 7) is -0.279. The number of ether oxygens (including phenoxy) is 4. The van der Waals surface area contributed by atoms with Crippen molar-refractivity contribution in [3.63, 3.8) is 0 Å². The second-order valence-electron chi connectivity index (χ2n) is 32.1. The normalized spacial score (nSPS) is 33.2. The molecule has 101 heavy (non-hydrogen) atoms. The van der Waals surface area contributed by atoms with E-state index in [1.807, 2.05) is 13.0 Å². The second kappa shape index (κ2) is 24.5. The summed E-state index contributed by atoms with van der Waals surface area (Å²) in [4.78, 5) is 48.3. The number of allylic oxidation sites excluding steroid dienone is 5. The summed E-state index contributed by atoms with van der Waals surface area (Å²) in [5, 5.41) is 43.7. The summed E-state index contributed by atoms with van der Waals surface area (Å²) in [7, 11) is 0. The van der Waals surface area contributed by atoms with Gasteiger partial charge >= 0.3 is 17.6 Å². The van der Waals surface area contributed by atoms with Gasteiger partial charge in [0, 0.05) is 70.5 Å². The van der Waals surface area contributed by atoms with Crippen LogP contribution in [0.3, 0.4) is 0 Å². The molecule has 4 heterocycles. The van der Waals surface area contributed by atoms with Gasteiger partial charge in [0.2, 0.25) is 0 Å². The van der Waals surface area contributed by atoms with Crippen LogP contribution in [0.25, 0.3) is 23.1 Å². The van der Waals surface area contributed by atoms with E-state index in [9.17, 15) is 20.4 Å². The molecule has 4 N–H and O–H groups in total. The minimum Gasteiger partial charge on any atom is -0.482 e. The topological polar surface area (TPSA) is 182 Å².